The van der Waals surface area contributed by atoms with Gasteiger partial charge in [-0.3, -0.25) is 0 Å². The summed E-state index contributed by atoms with van der Waals surface area (Å²) >= 11 is 0. The van der Waals surface area contributed by atoms with Crippen LogP contribution in [0, 0.1) is 0 Å². The minimum Gasteiger partial charge on any atom is -0.346 e. The summed E-state index contributed by atoms with van der Waals surface area (Å²) < 4.78 is 0. The van der Waals surface area contributed by atoms with Gasteiger partial charge in [-0.2, -0.15) is 0 Å². The predicted molar refractivity (Wildman–Crippen MR) is 53.7 cm³/mol. The maximum absolute atomic E-state index is 4.23. The molecule has 3 heteroatoms. The van der Waals surface area contributed by atoms with Crippen LogP contribution in [0.25, 0.3) is 11.0 Å². The van der Waals surface area contributed by atoms with Crippen LogP contribution in [0.3, 0.4) is 0 Å². The zero-order valence-corrected chi connectivity index (χ0v) is 7.67. The van der Waals surface area contributed by atoms with E-state index in [0.717, 1.165) is 18.6 Å². The highest BCUT2D eigenvalue weighted by atomic mass is 14.8. The Morgan fingerprint density at radius 1 is 1.54 bits per heavy atom. The van der Waals surface area contributed by atoms with Crippen LogP contribution in [0.2, 0.25) is 0 Å². The Kier molecular flexibility index (Phi) is 2.27. The van der Waals surface area contributed by atoms with E-state index in [9.17, 15) is 0 Å². The Morgan fingerprint density at radius 3 is 3.31 bits per heavy atom. The molecule has 0 saturated heterocycles. The highest BCUT2D eigenvalue weighted by Crippen LogP contribution is 2.15. The van der Waals surface area contributed by atoms with Crippen molar-refractivity contribution < 1.29 is 0 Å². The number of nitrogens with one attached hydrogen (secondary N) is 2. The molecule has 0 spiro atoms. The van der Waals surface area contributed by atoms with E-state index < -0.39 is 0 Å². The first-order chi connectivity index (χ1) is 6.42. The van der Waals surface area contributed by atoms with Crippen LogP contribution in [0.4, 0.5) is 0 Å². The van der Waals surface area contributed by atoms with E-state index in [1.54, 1.807) is 6.20 Å². The average Bonchev–Trinajstić information content (AvgIpc) is 2.58. The van der Waals surface area contributed by atoms with Crippen molar-refractivity contribution in [3.63, 3.8) is 0 Å². The third-order valence-corrected chi connectivity index (χ3v) is 2.18. The number of pyridine rings is 1. The van der Waals surface area contributed by atoms with Gasteiger partial charge in [0, 0.05) is 17.8 Å². The number of H-pyrrole nitrogens is 1. The molecule has 0 aliphatic rings. The summed E-state index contributed by atoms with van der Waals surface area (Å²) in [5.74, 6) is 0. The van der Waals surface area contributed by atoms with Gasteiger partial charge in [0.25, 0.3) is 0 Å². The van der Waals surface area contributed by atoms with Gasteiger partial charge < -0.3 is 10.3 Å². The van der Waals surface area contributed by atoms with Gasteiger partial charge in [0.15, 0.2) is 0 Å². The summed E-state index contributed by atoms with van der Waals surface area (Å²) in [4.78, 5) is 7.39. The van der Waals surface area contributed by atoms with Crippen LogP contribution in [-0.4, -0.2) is 23.6 Å². The minimum absolute atomic E-state index is 0.980. The van der Waals surface area contributed by atoms with Crippen molar-refractivity contribution in [1.82, 2.24) is 15.3 Å². The van der Waals surface area contributed by atoms with Crippen LogP contribution >= 0.6 is 0 Å². The van der Waals surface area contributed by atoms with Gasteiger partial charge in [-0.05, 0) is 37.7 Å². The fourth-order valence-electron chi connectivity index (χ4n) is 1.48. The van der Waals surface area contributed by atoms with E-state index in [2.05, 4.69) is 21.4 Å². The molecule has 2 N–H and O–H groups in total. The second-order valence-corrected chi connectivity index (χ2v) is 3.07. The second kappa shape index (κ2) is 3.58. The molecule has 2 rings (SSSR count). The van der Waals surface area contributed by atoms with E-state index in [1.807, 2.05) is 19.3 Å². The lowest BCUT2D eigenvalue weighted by molar-refractivity contribution is 0.795. The number of hydrogen-bond acceptors (Lipinski definition) is 2. The number of rotatable bonds is 3. The molecule has 2 aromatic heterocycles. The lowest BCUT2D eigenvalue weighted by Crippen LogP contribution is -2.09. The summed E-state index contributed by atoms with van der Waals surface area (Å²) in [6.45, 7) is 1.00. The number of fused-ring (bicyclic) bond motifs is 1. The Bertz CT molecular complexity index is 392. The molecule has 2 heterocycles. The summed E-state index contributed by atoms with van der Waals surface area (Å²) in [6, 6.07) is 4.07. The first kappa shape index (κ1) is 8.26. The van der Waals surface area contributed by atoms with Crippen molar-refractivity contribution in [2.75, 3.05) is 13.6 Å². The SMILES string of the molecule is CNCCc1c[nH]c2ncccc12. The molecule has 3 nitrogen and oxygen atoms in total. The molecular formula is C10H13N3. The molecule has 2 aromatic rings. The third kappa shape index (κ3) is 1.55. The van der Waals surface area contributed by atoms with Crippen LogP contribution in [0.15, 0.2) is 24.5 Å². The normalized spacial score (nSPS) is 10.8. The molecule has 68 valence electrons. The lowest BCUT2D eigenvalue weighted by atomic mass is 10.1. The standard InChI is InChI=1S/C10H13N3/c1-11-6-4-8-7-13-10-9(8)3-2-5-12-10/h2-3,5,7,11H,4,6H2,1H3,(H,12,13). The zero-order valence-electron chi connectivity index (χ0n) is 7.67. The molecule has 0 fully saturated rings. The van der Waals surface area contributed by atoms with Gasteiger partial charge >= 0.3 is 0 Å². The zero-order chi connectivity index (χ0) is 9.10. The molecule has 0 amide bonds. The Labute approximate surface area is 77.2 Å². The molecule has 0 aliphatic carbocycles. The smallest absolute Gasteiger partial charge is 0.137 e. The molecule has 0 aliphatic heterocycles. The Morgan fingerprint density at radius 2 is 2.46 bits per heavy atom. The van der Waals surface area contributed by atoms with Gasteiger partial charge in [-0.15, -0.1) is 0 Å². The van der Waals surface area contributed by atoms with Crippen molar-refractivity contribution in [3.8, 4) is 0 Å². The monoisotopic (exact) mass is 175 g/mol. The number of aromatic amines is 1. The van der Waals surface area contributed by atoms with Crippen LogP contribution < -0.4 is 5.32 Å². The van der Waals surface area contributed by atoms with Crippen molar-refractivity contribution in [2.24, 2.45) is 0 Å². The fraction of sp³-hybridized carbons (Fsp3) is 0.300. The minimum atomic E-state index is 0.980. The largest absolute Gasteiger partial charge is 0.346 e. The maximum Gasteiger partial charge on any atom is 0.137 e. The maximum atomic E-state index is 4.23. The Balaban J connectivity index is 2.35. The topological polar surface area (TPSA) is 40.7 Å². The van der Waals surface area contributed by atoms with E-state index in [4.69, 9.17) is 0 Å². The molecule has 0 saturated carbocycles. The summed E-state index contributed by atoms with van der Waals surface area (Å²) in [6.07, 6.45) is 4.89. The van der Waals surface area contributed by atoms with Gasteiger partial charge in [0.2, 0.25) is 0 Å². The number of likely N-dealkylation sites (N-methyl/N-ethyl adjacent to an activating group) is 1. The number of nitrogens with zero attached hydrogens (tertiary/aromatic N) is 1. The average molecular weight is 175 g/mol. The van der Waals surface area contributed by atoms with E-state index in [-0.39, 0.29) is 0 Å². The van der Waals surface area contributed by atoms with Crippen molar-refractivity contribution in [2.45, 2.75) is 6.42 Å². The molecule has 13 heavy (non-hydrogen) atoms. The molecule has 0 atom stereocenters. The van der Waals surface area contributed by atoms with Crippen LogP contribution in [-0.2, 0) is 6.42 Å². The summed E-state index contributed by atoms with van der Waals surface area (Å²) in [5.41, 5.74) is 2.31. The predicted octanol–water partition coefficient (Wildman–Crippen LogP) is 1.32. The molecule has 0 unspecified atom stereocenters. The summed E-state index contributed by atoms with van der Waals surface area (Å²) in [7, 11) is 1.97. The molecule has 0 bridgehead atoms. The Hall–Kier alpha value is -1.35. The first-order valence-corrected chi connectivity index (χ1v) is 4.47. The first-order valence-electron chi connectivity index (χ1n) is 4.47. The lowest BCUT2D eigenvalue weighted by Gasteiger charge is -1.96. The molecular weight excluding hydrogens is 162 g/mol. The van der Waals surface area contributed by atoms with Crippen molar-refractivity contribution in [1.29, 1.82) is 0 Å². The van der Waals surface area contributed by atoms with E-state index >= 15 is 0 Å². The second-order valence-electron chi connectivity index (χ2n) is 3.07. The number of hydrogen-bond donors (Lipinski definition) is 2. The van der Waals surface area contributed by atoms with Crippen LogP contribution in [0.1, 0.15) is 5.56 Å². The van der Waals surface area contributed by atoms with Crippen molar-refractivity contribution in [3.05, 3.63) is 30.1 Å². The number of aromatic nitrogens is 2. The van der Waals surface area contributed by atoms with Gasteiger partial charge in [0.05, 0.1) is 0 Å². The molecule has 0 aromatic carbocycles. The fourth-order valence-corrected chi connectivity index (χ4v) is 1.48. The highest BCUT2D eigenvalue weighted by molar-refractivity contribution is 5.79. The van der Waals surface area contributed by atoms with Gasteiger partial charge in [-0.1, -0.05) is 0 Å². The molecule has 0 radical (unpaired) electrons. The van der Waals surface area contributed by atoms with E-state index in [1.165, 1.54) is 10.9 Å². The van der Waals surface area contributed by atoms with Crippen molar-refractivity contribution >= 4 is 11.0 Å². The van der Waals surface area contributed by atoms with E-state index in [0.29, 0.717) is 0 Å². The summed E-state index contributed by atoms with van der Waals surface area (Å²) in [5, 5.41) is 4.37. The highest BCUT2D eigenvalue weighted by Gasteiger charge is 2.01. The van der Waals surface area contributed by atoms with Gasteiger partial charge in [-0.25, -0.2) is 4.98 Å². The van der Waals surface area contributed by atoms with Gasteiger partial charge in [0.1, 0.15) is 5.65 Å². The third-order valence-electron chi connectivity index (χ3n) is 2.18. The van der Waals surface area contributed by atoms with Crippen LogP contribution in [0.5, 0.6) is 0 Å². The quantitative estimate of drug-likeness (QED) is 0.738.